The number of fused-ring (bicyclic) bond motifs is 3. The van der Waals surface area contributed by atoms with Gasteiger partial charge in [-0.1, -0.05) is 298 Å². The van der Waals surface area contributed by atoms with E-state index in [0.717, 1.165) is 43.1 Å². The zero-order chi connectivity index (χ0) is 75.6. The molecular formula is C88H94Cl2O9S3. The second kappa shape index (κ2) is 39.4. The van der Waals surface area contributed by atoms with Gasteiger partial charge in [0, 0.05) is 20.8 Å². The van der Waals surface area contributed by atoms with Crippen molar-refractivity contribution in [3.8, 4) is 11.1 Å². The third-order valence-corrected chi connectivity index (χ3v) is 19.9. The number of hydrogen-bond donors (Lipinski definition) is 3. The lowest BCUT2D eigenvalue weighted by molar-refractivity contribution is 0.480. The Labute approximate surface area is 616 Å². The highest BCUT2D eigenvalue weighted by Crippen LogP contribution is 2.28. The predicted molar refractivity (Wildman–Crippen MR) is 431 cm³/mol. The van der Waals surface area contributed by atoms with Crippen LogP contribution in [-0.2, 0) is 30.4 Å². The fourth-order valence-electron chi connectivity index (χ4n) is 10.3. The molecule has 9 nitrogen and oxygen atoms in total. The summed E-state index contributed by atoms with van der Waals surface area (Å²) in [5, 5.41) is 7.16. The molecule has 3 N–H and O–H groups in total. The van der Waals surface area contributed by atoms with Crippen molar-refractivity contribution in [3.05, 3.63) is 360 Å². The maximum absolute atomic E-state index is 11.1. The van der Waals surface area contributed by atoms with E-state index in [1.54, 1.807) is 61.5 Å². The molecule has 0 aliphatic heterocycles. The van der Waals surface area contributed by atoms with Gasteiger partial charge in [-0.05, 0) is 218 Å². The molecule has 0 amide bonds. The van der Waals surface area contributed by atoms with Crippen molar-refractivity contribution >= 4 is 85.9 Å². The van der Waals surface area contributed by atoms with E-state index in [4.69, 9.17) is 36.9 Å². The molecule has 0 heterocycles. The highest BCUT2D eigenvalue weighted by atomic mass is 35.5. The predicted octanol–water partition coefficient (Wildman–Crippen LogP) is 24.3. The molecule has 0 bridgehead atoms. The molecule has 0 saturated heterocycles. The molecule has 0 aliphatic carbocycles. The van der Waals surface area contributed by atoms with E-state index in [-0.39, 0.29) is 14.7 Å². The van der Waals surface area contributed by atoms with E-state index >= 15 is 0 Å². The van der Waals surface area contributed by atoms with Crippen molar-refractivity contribution in [3.63, 3.8) is 0 Å². The van der Waals surface area contributed by atoms with Crippen LogP contribution in [0.15, 0.2) is 276 Å². The fourth-order valence-corrected chi connectivity index (χ4v) is 12.8. The third-order valence-electron chi connectivity index (χ3n) is 16.2. The molecule has 0 fully saturated rings. The second-order valence-electron chi connectivity index (χ2n) is 25.4. The monoisotopic (exact) mass is 1460 g/mol. The summed E-state index contributed by atoms with van der Waals surface area (Å²) >= 11 is 11.6. The summed E-state index contributed by atoms with van der Waals surface area (Å²) in [7, 11) is -12.3. The first kappa shape index (κ1) is 83.6. The van der Waals surface area contributed by atoms with E-state index < -0.39 is 30.4 Å². The van der Waals surface area contributed by atoms with Crippen molar-refractivity contribution in [1.29, 1.82) is 0 Å². The number of benzene rings is 13. The van der Waals surface area contributed by atoms with E-state index in [1.807, 2.05) is 83.1 Å². The smallest absolute Gasteiger partial charge is 0.282 e. The van der Waals surface area contributed by atoms with Gasteiger partial charge in [-0.2, -0.15) is 25.3 Å². The molecule has 102 heavy (non-hydrogen) atoms. The fraction of sp³-hybridized carbons (Fsp3) is 0.182. The molecule has 14 heteroatoms. The van der Waals surface area contributed by atoms with Crippen molar-refractivity contribution in [2.75, 3.05) is 0 Å². The van der Waals surface area contributed by atoms with Gasteiger partial charge in [0.15, 0.2) is 0 Å². The standard InChI is InChI=1S/C14H14.C12H12.2C11H10O3S.C9H12.2C8H9Cl.C8H10.C7H8O3S/c1-11-3-7-13(8-4-11)14-9-5-12(2)6-10-14;1-9-3-5-12-8-10(2)4-6-11(12)7-9;1-8-4-2-6-10-9(8)5-3-7-11(10)15(12,13)14;1-8-6-7-11(15(12,13)14)10-5-3-2-4-9(8)10;1-7-4-5-8(2)9(3)6-7;1-6-3-4-8(9)7(2)5-6;1-6-3-4-7(2)8(9)5-6;1-7-4-3-5-8(2)6-7;1-6-4-2-3-5-7(6)11(8,9)10/h3-10H,1-2H3;3-8H,1-2H3;2*2-7H,1H3,(H,12,13,14);4-6H,1-3H3;2*3-5H,1-2H3;3-6H,1-2H3;2-5H,1H3,(H,8,9,10). The Balaban J connectivity index is 0.000000208. The molecule has 532 valence electrons. The topological polar surface area (TPSA) is 163 Å². The van der Waals surface area contributed by atoms with Crippen LogP contribution in [0.5, 0.6) is 0 Å². The largest absolute Gasteiger partial charge is 0.295 e. The molecule has 0 atom stereocenters. The highest BCUT2D eigenvalue weighted by molar-refractivity contribution is 7.86. The van der Waals surface area contributed by atoms with Crippen LogP contribution in [0.2, 0.25) is 10.0 Å². The average molecular weight is 1460 g/mol. The SMILES string of the molecule is Cc1ccc(-c2ccc(C)cc2)cc1.Cc1ccc(C)c(C)c1.Cc1ccc(C)c(Cl)c1.Cc1ccc(Cl)c(C)c1.Cc1ccc(S(=O)(=O)O)c2ccccc12.Cc1ccc2cc(C)ccc2c1.Cc1cccc(C)c1.Cc1cccc2c(S(=O)(=O)O)cccc12.Cc1ccccc1S(=O)(=O)O. The average Bonchev–Trinajstić information content (AvgIpc) is 0.794. The lowest BCUT2D eigenvalue weighted by Gasteiger charge is -2.05. The number of hydrogen-bond acceptors (Lipinski definition) is 6. The molecule has 13 rings (SSSR count). The highest BCUT2D eigenvalue weighted by Gasteiger charge is 2.16. The zero-order valence-electron chi connectivity index (χ0n) is 61.1. The molecular weight excluding hydrogens is 1370 g/mol. The van der Waals surface area contributed by atoms with Crippen molar-refractivity contribution in [1.82, 2.24) is 0 Å². The van der Waals surface area contributed by atoms with Crippen LogP contribution in [0.25, 0.3) is 43.4 Å². The van der Waals surface area contributed by atoms with E-state index in [0.29, 0.717) is 16.3 Å². The molecule has 13 aromatic carbocycles. The Kier molecular flexibility index (Phi) is 32.3. The first-order chi connectivity index (χ1) is 47.9. The summed E-state index contributed by atoms with van der Waals surface area (Å²) in [6.07, 6.45) is 0. The molecule has 0 radical (unpaired) electrons. The van der Waals surface area contributed by atoms with E-state index in [9.17, 15) is 25.3 Å². The van der Waals surface area contributed by atoms with Gasteiger partial charge in [-0.25, -0.2) is 0 Å². The lowest BCUT2D eigenvalue weighted by atomic mass is 10.0. The summed E-state index contributed by atoms with van der Waals surface area (Å²) in [5.74, 6) is 0. The Hall–Kier alpha value is -9.05. The third kappa shape index (κ3) is 27.7. The van der Waals surface area contributed by atoms with Crippen molar-refractivity contribution in [2.45, 2.75) is 125 Å². The minimum Gasteiger partial charge on any atom is -0.282 e. The minimum absolute atomic E-state index is 0.0278. The summed E-state index contributed by atoms with van der Waals surface area (Å²) in [6.45, 7) is 32.6. The van der Waals surface area contributed by atoms with Gasteiger partial charge in [0.2, 0.25) is 0 Å². The van der Waals surface area contributed by atoms with Gasteiger partial charge in [0.1, 0.15) is 9.79 Å². The van der Waals surface area contributed by atoms with Gasteiger partial charge in [-0.15, -0.1) is 0 Å². The Morgan fingerprint density at radius 1 is 0.216 bits per heavy atom. The summed E-state index contributed by atoms with van der Waals surface area (Å²) in [6, 6.07) is 84.1. The Morgan fingerprint density at radius 3 is 0.951 bits per heavy atom. The van der Waals surface area contributed by atoms with Crippen molar-refractivity contribution < 1.29 is 38.9 Å². The van der Waals surface area contributed by atoms with Gasteiger partial charge in [0.25, 0.3) is 30.4 Å². The number of rotatable bonds is 4. The maximum Gasteiger partial charge on any atom is 0.295 e. The van der Waals surface area contributed by atoms with Crippen LogP contribution in [0, 0.1) is 111 Å². The molecule has 0 aromatic heterocycles. The Morgan fingerprint density at radius 2 is 0.539 bits per heavy atom. The van der Waals surface area contributed by atoms with Crippen molar-refractivity contribution in [2.24, 2.45) is 0 Å². The van der Waals surface area contributed by atoms with E-state index in [1.165, 1.54) is 101 Å². The molecule has 0 unspecified atom stereocenters. The number of halogens is 2. The van der Waals surface area contributed by atoms with Gasteiger partial charge in [-0.3, -0.25) is 13.7 Å². The maximum atomic E-state index is 11.1. The van der Waals surface area contributed by atoms with Gasteiger partial charge < -0.3 is 0 Å². The van der Waals surface area contributed by atoms with Crippen LogP contribution in [0.3, 0.4) is 0 Å². The summed E-state index contributed by atoms with van der Waals surface area (Å²) in [4.78, 5) is -0.104. The van der Waals surface area contributed by atoms with Crippen LogP contribution < -0.4 is 0 Å². The van der Waals surface area contributed by atoms with E-state index in [2.05, 4.69) is 209 Å². The van der Waals surface area contributed by atoms with Gasteiger partial charge in [0.05, 0.1) is 4.90 Å². The number of aryl methyl sites for hydroxylation is 16. The van der Waals surface area contributed by atoms with Crippen LogP contribution in [-0.4, -0.2) is 38.9 Å². The quantitative estimate of drug-likeness (QED) is 0.146. The minimum atomic E-state index is -4.15. The second-order valence-corrected chi connectivity index (χ2v) is 30.4. The van der Waals surface area contributed by atoms with Crippen LogP contribution in [0.1, 0.15) is 89.0 Å². The first-order valence-corrected chi connectivity index (χ1v) is 38.1. The normalized spacial score (nSPS) is 10.6. The molecule has 13 aromatic rings. The van der Waals surface area contributed by atoms with Crippen LogP contribution in [0.4, 0.5) is 0 Å². The van der Waals surface area contributed by atoms with Crippen LogP contribution >= 0.6 is 23.2 Å². The Bertz CT molecular complexity index is 5000. The summed E-state index contributed by atoms with van der Waals surface area (Å²) in [5.41, 5.74) is 21.9. The molecule has 0 spiro atoms. The molecule has 0 aliphatic rings. The molecule has 0 saturated carbocycles. The first-order valence-electron chi connectivity index (χ1n) is 33.0. The van der Waals surface area contributed by atoms with Gasteiger partial charge >= 0.3 is 0 Å². The zero-order valence-corrected chi connectivity index (χ0v) is 65.1. The summed E-state index contributed by atoms with van der Waals surface area (Å²) < 4.78 is 92.4. The lowest BCUT2D eigenvalue weighted by Crippen LogP contribution is -1.99.